The molecule has 1 N–H and O–H groups in total. The van der Waals surface area contributed by atoms with Crippen LogP contribution >= 0.6 is 0 Å². The Morgan fingerprint density at radius 2 is 1.96 bits per heavy atom. The van der Waals surface area contributed by atoms with E-state index in [2.05, 4.69) is 4.98 Å². The number of para-hydroxylation sites is 2. The van der Waals surface area contributed by atoms with E-state index in [0.717, 1.165) is 54.8 Å². The predicted octanol–water partition coefficient (Wildman–Crippen LogP) is 4.21. The Morgan fingerprint density at radius 3 is 2.78 bits per heavy atom. The Labute approximate surface area is 157 Å². The van der Waals surface area contributed by atoms with Crippen LogP contribution in [0.2, 0.25) is 0 Å². The Kier molecular flexibility index (Phi) is 3.96. The van der Waals surface area contributed by atoms with Gasteiger partial charge in [0.05, 0.1) is 11.0 Å². The molecule has 1 aliphatic carbocycles. The zero-order valence-corrected chi connectivity index (χ0v) is 15.1. The van der Waals surface area contributed by atoms with E-state index in [-0.39, 0.29) is 29.5 Å². The number of benzene rings is 2. The molecular formula is C22H22FN3O. The van der Waals surface area contributed by atoms with Crippen molar-refractivity contribution in [1.29, 1.82) is 0 Å². The lowest BCUT2D eigenvalue weighted by Gasteiger charge is -2.32. The van der Waals surface area contributed by atoms with Crippen molar-refractivity contribution >= 4 is 16.9 Å². The fraction of sp³-hybridized carbons (Fsp3) is 0.364. The van der Waals surface area contributed by atoms with Gasteiger partial charge < -0.3 is 9.88 Å². The number of aromatic amines is 1. The number of piperidine rings is 1. The number of rotatable bonds is 3. The van der Waals surface area contributed by atoms with E-state index < -0.39 is 0 Å². The Hall–Kier alpha value is -2.69. The molecule has 4 nitrogen and oxygen atoms in total. The zero-order chi connectivity index (χ0) is 18.4. The van der Waals surface area contributed by atoms with Gasteiger partial charge >= 0.3 is 0 Å². The topological polar surface area (TPSA) is 49.0 Å². The standard InChI is InChI=1S/C22H22FN3O/c23-16-9-7-14(8-10-16)17-12-18(17)22(27)26-11-3-4-15(13-26)21-24-19-5-1-2-6-20(19)25-21/h1-2,5-10,15,17-18H,3-4,11-13H2,(H,24,25)/t15-,17-,18-/m1/s1. The molecule has 1 saturated heterocycles. The van der Waals surface area contributed by atoms with E-state index in [0.29, 0.717) is 0 Å². The minimum atomic E-state index is -0.230. The van der Waals surface area contributed by atoms with E-state index in [9.17, 15) is 9.18 Å². The van der Waals surface area contributed by atoms with Gasteiger partial charge in [-0.25, -0.2) is 9.37 Å². The minimum Gasteiger partial charge on any atom is -0.342 e. The highest BCUT2D eigenvalue weighted by Gasteiger charge is 2.46. The molecule has 1 saturated carbocycles. The molecule has 2 aliphatic rings. The maximum Gasteiger partial charge on any atom is 0.226 e. The number of aromatic nitrogens is 2. The summed E-state index contributed by atoms with van der Waals surface area (Å²) in [5, 5.41) is 0. The minimum absolute atomic E-state index is 0.0462. The molecule has 1 aliphatic heterocycles. The molecule has 138 valence electrons. The van der Waals surface area contributed by atoms with E-state index in [1.165, 1.54) is 12.1 Å². The van der Waals surface area contributed by atoms with Crippen LogP contribution in [-0.4, -0.2) is 33.9 Å². The van der Waals surface area contributed by atoms with Gasteiger partial charge in [-0.3, -0.25) is 4.79 Å². The fourth-order valence-electron chi connectivity index (χ4n) is 4.35. The molecule has 1 amide bonds. The molecule has 0 bridgehead atoms. The molecule has 5 heteroatoms. The molecule has 2 heterocycles. The first kappa shape index (κ1) is 16.5. The smallest absolute Gasteiger partial charge is 0.226 e. The molecule has 0 spiro atoms. The van der Waals surface area contributed by atoms with Crippen LogP contribution in [0.15, 0.2) is 48.5 Å². The maximum absolute atomic E-state index is 13.1. The highest BCUT2D eigenvalue weighted by molar-refractivity contribution is 5.83. The SMILES string of the molecule is O=C([C@@H]1C[C@@H]1c1ccc(F)cc1)N1CCC[C@@H](c2nc3ccccc3[nH]2)C1. The van der Waals surface area contributed by atoms with Crippen LogP contribution in [0.5, 0.6) is 0 Å². The van der Waals surface area contributed by atoms with E-state index in [1.807, 2.05) is 29.2 Å². The number of carbonyl (C=O) groups is 1. The Balaban J connectivity index is 1.28. The Morgan fingerprint density at radius 1 is 1.15 bits per heavy atom. The Bertz CT molecular complexity index is 948. The lowest BCUT2D eigenvalue weighted by atomic mass is 9.96. The summed E-state index contributed by atoms with van der Waals surface area (Å²) in [5.41, 5.74) is 3.10. The number of nitrogens with zero attached hydrogens (tertiary/aromatic N) is 2. The first-order valence-corrected chi connectivity index (χ1v) is 9.68. The molecule has 0 radical (unpaired) electrons. The summed E-state index contributed by atoms with van der Waals surface area (Å²) in [6.07, 6.45) is 2.92. The molecule has 1 aromatic heterocycles. The average molecular weight is 363 g/mol. The summed E-state index contributed by atoms with van der Waals surface area (Å²) in [5.74, 6) is 1.55. The molecule has 0 unspecified atom stereocenters. The highest BCUT2D eigenvalue weighted by atomic mass is 19.1. The molecule has 5 rings (SSSR count). The summed E-state index contributed by atoms with van der Waals surface area (Å²) >= 11 is 0. The third kappa shape index (κ3) is 3.11. The first-order valence-electron chi connectivity index (χ1n) is 9.68. The van der Waals surface area contributed by atoms with Gasteiger partial charge in [-0.1, -0.05) is 24.3 Å². The summed E-state index contributed by atoms with van der Waals surface area (Å²) in [4.78, 5) is 23.1. The number of hydrogen-bond donors (Lipinski definition) is 1. The van der Waals surface area contributed by atoms with Gasteiger partial charge in [0, 0.05) is 24.9 Å². The van der Waals surface area contributed by atoms with Crippen molar-refractivity contribution in [1.82, 2.24) is 14.9 Å². The van der Waals surface area contributed by atoms with Crippen LogP contribution in [0.4, 0.5) is 4.39 Å². The molecule has 2 fully saturated rings. The lowest BCUT2D eigenvalue weighted by molar-refractivity contribution is -0.133. The molecule has 2 aromatic carbocycles. The third-order valence-corrected chi connectivity index (χ3v) is 5.93. The van der Waals surface area contributed by atoms with Crippen LogP contribution in [0.25, 0.3) is 11.0 Å². The van der Waals surface area contributed by atoms with Gasteiger partial charge in [0.2, 0.25) is 5.91 Å². The van der Waals surface area contributed by atoms with E-state index in [4.69, 9.17) is 4.98 Å². The number of halogens is 1. The van der Waals surface area contributed by atoms with Gasteiger partial charge in [0.25, 0.3) is 0 Å². The number of imidazole rings is 1. The lowest BCUT2D eigenvalue weighted by Crippen LogP contribution is -2.40. The van der Waals surface area contributed by atoms with Gasteiger partial charge in [-0.15, -0.1) is 0 Å². The fourth-order valence-corrected chi connectivity index (χ4v) is 4.35. The van der Waals surface area contributed by atoms with Crippen molar-refractivity contribution in [3.05, 3.63) is 65.7 Å². The number of H-pyrrole nitrogens is 1. The van der Waals surface area contributed by atoms with Gasteiger partial charge in [-0.05, 0) is 55.0 Å². The van der Waals surface area contributed by atoms with Crippen molar-refractivity contribution in [2.45, 2.75) is 31.1 Å². The number of hydrogen-bond acceptors (Lipinski definition) is 2. The number of amides is 1. The quantitative estimate of drug-likeness (QED) is 0.758. The van der Waals surface area contributed by atoms with Crippen molar-refractivity contribution in [2.24, 2.45) is 5.92 Å². The number of likely N-dealkylation sites (tertiary alicyclic amines) is 1. The van der Waals surface area contributed by atoms with Crippen molar-refractivity contribution in [2.75, 3.05) is 13.1 Å². The first-order chi connectivity index (χ1) is 13.2. The van der Waals surface area contributed by atoms with Gasteiger partial charge in [0.1, 0.15) is 11.6 Å². The van der Waals surface area contributed by atoms with Crippen LogP contribution in [0, 0.1) is 11.7 Å². The summed E-state index contributed by atoms with van der Waals surface area (Å²) in [6.45, 7) is 1.55. The maximum atomic E-state index is 13.1. The van der Waals surface area contributed by atoms with Crippen LogP contribution in [-0.2, 0) is 4.79 Å². The van der Waals surface area contributed by atoms with Crippen LogP contribution < -0.4 is 0 Å². The monoisotopic (exact) mass is 363 g/mol. The average Bonchev–Trinajstić information content (AvgIpc) is 3.38. The molecular weight excluding hydrogens is 341 g/mol. The largest absolute Gasteiger partial charge is 0.342 e. The highest BCUT2D eigenvalue weighted by Crippen LogP contribution is 2.49. The molecule has 3 atom stereocenters. The van der Waals surface area contributed by atoms with Crippen LogP contribution in [0.3, 0.4) is 0 Å². The second-order valence-electron chi connectivity index (χ2n) is 7.76. The van der Waals surface area contributed by atoms with Crippen molar-refractivity contribution in [3.8, 4) is 0 Å². The van der Waals surface area contributed by atoms with Crippen LogP contribution in [0.1, 0.15) is 42.5 Å². The summed E-state index contributed by atoms with van der Waals surface area (Å²) < 4.78 is 13.1. The second-order valence-corrected chi connectivity index (χ2v) is 7.76. The third-order valence-electron chi connectivity index (χ3n) is 5.93. The van der Waals surface area contributed by atoms with Crippen molar-refractivity contribution < 1.29 is 9.18 Å². The zero-order valence-electron chi connectivity index (χ0n) is 15.1. The summed E-state index contributed by atoms with van der Waals surface area (Å²) in [6, 6.07) is 14.6. The number of nitrogens with one attached hydrogen (secondary N) is 1. The molecule has 3 aromatic rings. The van der Waals surface area contributed by atoms with E-state index in [1.54, 1.807) is 12.1 Å². The molecule has 27 heavy (non-hydrogen) atoms. The van der Waals surface area contributed by atoms with Crippen molar-refractivity contribution in [3.63, 3.8) is 0 Å². The second kappa shape index (κ2) is 6.48. The van der Waals surface area contributed by atoms with E-state index >= 15 is 0 Å². The number of fused-ring (bicyclic) bond motifs is 1. The predicted molar refractivity (Wildman–Crippen MR) is 102 cm³/mol. The number of carbonyl (C=O) groups excluding carboxylic acids is 1. The van der Waals surface area contributed by atoms with Gasteiger partial charge in [-0.2, -0.15) is 0 Å². The summed E-state index contributed by atoms with van der Waals surface area (Å²) in [7, 11) is 0. The normalized spacial score (nSPS) is 24.9. The van der Waals surface area contributed by atoms with Gasteiger partial charge in [0.15, 0.2) is 0 Å².